The number of carbonyl (C=O) groups is 1. The topological polar surface area (TPSA) is 52.6 Å². The second-order valence-electron chi connectivity index (χ2n) is 5.58. The molecule has 2 N–H and O–H groups in total. The maximum Gasteiger partial charge on any atom is 0.317 e. The van der Waals surface area contributed by atoms with Crippen molar-refractivity contribution in [2.45, 2.75) is 58.0 Å². The Morgan fingerprint density at radius 3 is 2.72 bits per heavy atom. The minimum absolute atomic E-state index is 0.0259. The van der Waals surface area contributed by atoms with E-state index in [1.54, 1.807) is 18.9 Å². The van der Waals surface area contributed by atoms with Gasteiger partial charge in [0.15, 0.2) is 0 Å². The summed E-state index contributed by atoms with van der Waals surface area (Å²) in [4.78, 5) is 13.3. The molecule has 2 amide bonds. The quantitative estimate of drug-likeness (QED) is 0.687. The van der Waals surface area contributed by atoms with Crippen LogP contribution in [-0.2, 0) is 0 Å². The van der Waals surface area contributed by atoms with Crippen LogP contribution in [0.1, 0.15) is 51.9 Å². The number of hydrogen-bond acceptors (Lipinski definition) is 2. The van der Waals surface area contributed by atoms with Gasteiger partial charge in [-0.05, 0) is 32.1 Å². The number of aliphatic hydroxyl groups is 1. The molecule has 1 rings (SSSR count). The number of aliphatic hydroxyl groups excluding tert-OH is 1. The normalized spacial score (nSPS) is 17.7. The molecule has 0 spiro atoms. The summed E-state index contributed by atoms with van der Waals surface area (Å²) in [6.07, 6.45) is 8.15. The molecule has 0 aromatic heterocycles. The average molecular weight is 256 g/mol. The molecule has 1 aliphatic rings. The van der Waals surface area contributed by atoms with Gasteiger partial charge in [-0.2, -0.15) is 0 Å². The lowest BCUT2D eigenvalue weighted by atomic mass is 10.0. The molecule has 1 fully saturated rings. The van der Waals surface area contributed by atoms with Gasteiger partial charge in [-0.1, -0.05) is 25.7 Å². The zero-order valence-corrected chi connectivity index (χ0v) is 11.8. The fraction of sp³-hybridized carbons (Fsp3) is 0.929. The first-order valence-corrected chi connectivity index (χ1v) is 7.26. The molecule has 0 radical (unpaired) electrons. The highest BCUT2D eigenvalue weighted by molar-refractivity contribution is 5.73. The molecule has 1 aliphatic carbocycles. The third kappa shape index (κ3) is 6.24. The number of urea groups is 1. The van der Waals surface area contributed by atoms with Gasteiger partial charge in [0.05, 0.1) is 6.10 Å². The molecular weight excluding hydrogens is 228 g/mol. The third-order valence-electron chi connectivity index (χ3n) is 3.77. The van der Waals surface area contributed by atoms with Crippen molar-refractivity contribution in [1.29, 1.82) is 0 Å². The number of amides is 2. The zero-order valence-electron chi connectivity index (χ0n) is 11.8. The van der Waals surface area contributed by atoms with E-state index in [4.69, 9.17) is 5.11 Å². The third-order valence-corrected chi connectivity index (χ3v) is 3.77. The largest absolute Gasteiger partial charge is 0.393 e. The summed E-state index contributed by atoms with van der Waals surface area (Å²) >= 11 is 0. The summed E-state index contributed by atoms with van der Waals surface area (Å²) in [5.41, 5.74) is 0. The highest BCUT2D eigenvalue weighted by Crippen LogP contribution is 2.28. The highest BCUT2D eigenvalue weighted by atomic mass is 16.3. The smallest absolute Gasteiger partial charge is 0.317 e. The predicted molar refractivity (Wildman–Crippen MR) is 73.5 cm³/mol. The van der Waals surface area contributed by atoms with Crippen LogP contribution in [0.25, 0.3) is 0 Å². The van der Waals surface area contributed by atoms with Crippen LogP contribution in [0, 0.1) is 5.92 Å². The van der Waals surface area contributed by atoms with E-state index in [0.29, 0.717) is 13.0 Å². The van der Waals surface area contributed by atoms with Crippen molar-refractivity contribution in [2.24, 2.45) is 5.92 Å². The minimum Gasteiger partial charge on any atom is -0.393 e. The van der Waals surface area contributed by atoms with Gasteiger partial charge < -0.3 is 15.3 Å². The Balaban J connectivity index is 2.01. The van der Waals surface area contributed by atoms with E-state index in [1.807, 2.05) is 0 Å². The summed E-state index contributed by atoms with van der Waals surface area (Å²) in [6.45, 7) is 3.12. The van der Waals surface area contributed by atoms with E-state index in [1.165, 1.54) is 32.1 Å². The van der Waals surface area contributed by atoms with Crippen molar-refractivity contribution in [3.8, 4) is 0 Å². The van der Waals surface area contributed by atoms with E-state index < -0.39 is 0 Å². The van der Waals surface area contributed by atoms with Crippen molar-refractivity contribution in [2.75, 3.05) is 20.1 Å². The lowest BCUT2D eigenvalue weighted by molar-refractivity contribution is 0.163. The molecule has 18 heavy (non-hydrogen) atoms. The molecule has 0 aromatic carbocycles. The first-order chi connectivity index (χ1) is 8.59. The number of nitrogens with one attached hydrogen (secondary N) is 1. The van der Waals surface area contributed by atoms with Crippen LogP contribution in [0.15, 0.2) is 0 Å². The summed E-state index contributed by atoms with van der Waals surface area (Å²) in [7, 11) is 1.77. The summed E-state index contributed by atoms with van der Waals surface area (Å²) in [6, 6.07) is -0.0259. The van der Waals surface area contributed by atoms with Crippen molar-refractivity contribution in [3.63, 3.8) is 0 Å². The van der Waals surface area contributed by atoms with Crippen LogP contribution in [0.2, 0.25) is 0 Å². The molecule has 1 atom stereocenters. The van der Waals surface area contributed by atoms with E-state index in [9.17, 15) is 4.79 Å². The molecular formula is C14H28N2O2. The summed E-state index contributed by atoms with van der Waals surface area (Å²) in [5, 5.41) is 12.1. The molecule has 0 saturated heterocycles. The van der Waals surface area contributed by atoms with Gasteiger partial charge in [-0.3, -0.25) is 0 Å². The van der Waals surface area contributed by atoms with Gasteiger partial charge in [-0.25, -0.2) is 4.79 Å². The SMILES string of the molecule is CC(O)CCN(C)C(=O)NCCCC1CCCC1. The molecule has 0 heterocycles. The molecule has 4 heteroatoms. The maximum atomic E-state index is 11.7. The molecule has 0 bridgehead atoms. The highest BCUT2D eigenvalue weighted by Gasteiger charge is 2.14. The van der Waals surface area contributed by atoms with Crippen LogP contribution in [0.5, 0.6) is 0 Å². The standard InChI is InChI=1S/C14H28N2O2/c1-12(17)9-11-16(2)14(18)15-10-5-8-13-6-3-4-7-13/h12-13,17H,3-11H2,1-2H3,(H,15,18). The van der Waals surface area contributed by atoms with E-state index in [0.717, 1.165) is 18.9 Å². The average Bonchev–Trinajstić information content (AvgIpc) is 2.84. The second-order valence-corrected chi connectivity index (χ2v) is 5.58. The van der Waals surface area contributed by atoms with Gasteiger partial charge in [0.2, 0.25) is 0 Å². The number of rotatable bonds is 7. The maximum absolute atomic E-state index is 11.7. The summed E-state index contributed by atoms with van der Waals surface area (Å²) in [5.74, 6) is 0.898. The van der Waals surface area contributed by atoms with Crippen molar-refractivity contribution in [1.82, 2.24) is 10.2 Å². The lowest BCUT2D eigenvalue weighted by Crippen LogP contribution is -2.39. The number of hydrogen-bond donors (Lipinski definition) is 2. The fourth-order valence-corrected chi connectivity index (χ4v) is 2.50. The monoisotopic (exact) mass is 256 g/mol. The number of carbonyl (C=O) groups excluding carboxylic acids is 1. The Hall–Kier alpha value is -0.770. The van der Waals surface area contributed by atoms with Crippen molar-refractivity contribution >= 4 is 6.03 Å². The molecule has 4 nitrogen and oxygen atoms in total. The van der Waals surface area contributed by atoms with E-state index in [2.05, 4.69) is 5.32 Å². The van der Waals surface area contributed by atoms with Gasteiger partial charge >= 0.3 is 6.03 Å². The van der Waals surface area contributed by atoms with Crippen LogP contribution < -0.4 is 5.32 Å². The van der Waals surface area contributed by atoms with Crippen molar-refractivity contribution < 1.29 is 9.90 Å². The van der Waals surface area contributed by atoms with Gasteiger partial charge in [0.25, 0.3) is 0 Å². The van der Waals surface area contributed by atoms with Crippen molar-refractivity contribution in [3.05, 3.63) is 0 Å². The first kappa shape index (κ1) is 15.3. The van der Waals surface area contributed by atoms with Crippen LogP contribution >= 0.6 is 0 Å². The Morgan fingerprint density at radius 1 is 1.44 bits per heavy atom. The van der Waals surface area contributed by atoms with Gasteiger partial charge in [0.1, 0.15) is 0 Å². The molecule has 0 aliphatic heterocycles. The Morgan fingerprint density at radius 2 is 2.11 bits per heavy atom. The predicted octanol–water partition coefficient (Wildman–Crippen LogP) is 2.37. The first-order valence-electron chi connectivity index (χ1n) is 7.26. The molecule has 1 unspecified atom stereocenters. The summed E-state index contributed by atoms with van der Waals surface area (Å²) < 4.78 is 0. The minimum atomic E-state index is -0.345. The fourth-order valence-electron chi connectivity index (χ4n) is 2.50. The zero-order chi connectivity index (χ0) is 13.4. The number of nitrogens with zero attached hydrogens (tertiary/aromatic N) is 1. The van der Waals surface area contributed by atoms with E-state index in [-0.39, 0.29) is 12.1 Å². The van der Waals surface area contributed by atoms with E-state index >= 15 is 0 Å². The lowest BCUT2D eigenvalue weighted by Gasteiger charge is -2.19. The van der Waals surface area contributed by atoms with Crippen LogP contribution in [-0.4, -0.2) is 42.3 Å². The van der Waals surface area contributed by atoms with Crippen LogP contribution in [0.3, 0.4) is 0 Å². The Labute approximate surface area is 111 Å². The Bertz CT molecular complexity index is 238. The second kappa shape index (κ2) is 8.35. The van der Waals surface area contributed by atoms with Gasteiger partial charge in [0, 0.05) is 20.1 Å². The Kier molecular flexibility index (Phi) is 7.09. The van der Waals surface area contributed by atoms with Crippen LogP contribution in [0.4, 0.5) is 4.79 Å². The van der Waals surface area contributed by atoms with Gasteiger partial charge in [-0.15, -0.1) is 0 Å². The molecule has 106 valence electrons. The molecule has 0 aromatic rings. The molecule has 1 saturated carbocycles.